The van der Waals surface area contributed by atoms with Gasteiger partial charge < -0.3 is 19.8 Å². The molecular weight excluding hydrogens is 336 g/mol. The Morgan fingerprint density at radius 3 is 2.77 bits per heavy atom. The summed E-state index contributed by atoms with van der Waals surface area (Å²) in [7, 11) is 1.36. The molecule has 0 amide bonds. The highest BCUT2D eigenvalue weighted by atomic mass is 16.5. The van der Waals surface area contributed by atoms with Crippen LogP contribution >= 0.6 is 0 Å². The van der Waals surface area contributed by atoms with E-state index in [9.17, 15) is 4.79 Å². The van der Waals surface area contributed by atoms with Crippen molar-refractivity contribution in [1.29, 1.82) is 5.41 Å². The van der Waals surface area contributed by atoms with Gasteiger partial charge in [0.1, 0.15) is 11.7 Å². The highest BCUT2D eigenvalue weighted by Crippen LogP contribution is 2.29. The van der Waals surface area contributed by atoms with Gasteiger partial charge in [0.15, 0.2) is 0 Å². The van der Waals surface area contributed by atoms with Crippen LogP contribution in [0.25, 0.3) is 0 Å². The van der Waals surface area contributed by atoms with E-state index in [-0.39, 0.29) is 24.1 Å². The van der Waals surface area contributed by atoms with Gasteiger partial charge >= 0.3 is 5.97 Å². The zero-order valence-electron chi connectivity index (χ0n) is 14.6. The van der Waals surface area contributed by atoms with Gasteiger partial charge in [-0.15, -0.1) is 10.2 Å². The van der Waals surface area contributed by atoms with Gasteiger partial charge in [-0.3, -0.25) is 10.2 Å². The van der Waals surface area contributed by atoms with E-state index in [1.165, 1.54) is 7.11 Å². The number of rotatable bonds is 6. The summed E-state index contributed by atoms with van der Waals surface area (Å²) in [5, 5.41) is 15.6. The molecule has 0 bridgehead atoms. The molecule has 1 aliphatic heterocycles. The number of carbonyl (C=O) groups excluding carboxylic acids is 1. The van der Waals surface area contributed by atoms with E-state index in [0.717, 1.165) is 31.7 Å². The van der Waals surface area contributed by atoms with Crippen LogP contribution in [0.3, 0.4) is 0 Å². The summed E-state index contributed by atoms with van der Waals surface area (Å²) >= 11 is 0. The second-order valence-electron chi connectivity index (χ2n) is 6.19. The van der Waals surface area contributed by atoms with E-state index in [1.807, 2.05) is 12.1 Å². The van der Waals surface area contributed by atoms with Gasteiger partial charge in [0.2, 0.25) is 11.8 Å². The zero-order valence-corrected chi connectivity index (χ0v) is 14.6. The van der Waals surface area contributed by atoms with Crippen molar-refractivity contribution in [2.75, 3.05) is 25.1 Å². The normalized spacial score (nSPS) is 15.0. The van der Waals surface area contributed by atoms with Gasteiger partial charge in [-0.25, -0.2) is 4.98 Å². The second kappa shape index (κ2) is 7.94. The third kappa shape index (κ3) is 4.16. The number of piperidine rings is 1. The number of amidine groups is 1. The van der Waals surface area contributed by atoms with Crippen LogP contribution in [-0.2, 0) is 16.0 Å². The molecule has 0 saturated carbocycles. The lowest BCUT2D eigenvalue weighted by atomic mass is 9.97. The van der Waals surface area contributed by atoms with Gasteiger partial charge in [0, 0.05) is 37.2 Å². The van der Waals surface area contributed by atoms with Crippen LogP contribution < -0.4 is 10.6 Å². The minimum absolute atomic E-state index is 0.0159. The van der Waals surface area contributed by atoms with Crippen LogP contribution in [0.4, 0.5) is 5.82 Å². The van der Waals surface area contributed by atoms with Crippen molar-refractivity contribution in [2.24, 2.45) is 5.73 Å². The number of nitrogens with one attached hydrogen (secondary N) is 1. The first-order chi connectivity index (χ1) is 12.6. The van der Waals surface area contributed by atoms with E-state index in [2.05, 4.69) is 24.8 Å². The van der Waals surface area contributed by atoms with Gasteiger partial charge in [0.05, 0.1) is 13.5 Å². The van der Waals surface area contributed by atoms with Crippen molar-refractivity contribution >= 4 is 17.6 Å². The monoisotopic (exact) mass is 358 g/mol. The first-order valence-electron chi connectivity index (χ1n) is 8.51. The van der Waals surface area contributed by atoms with Gasteiger partial charge in [-0.05, 0) is 25.0 Å². The lowest BCUT2D eigenvalue weighted by Crippen LogP contribution is -2.33. The number of methoxy groups -OCH3 is 1. The van der Waals surface area contributed by atoms with Crippen molar-refractivity contribution in [1.82, 2.24) is 15.2 Å². The van der Waals surface area contributed by atoms with Crippen LogP contribution in [0, 0.1) is 5.41 Å². The van der Waals surface area contributed by atoms with Crippen LogP contribution in [0.1, 0.15) is 42.5 Å². The molecule has 2 aromatic heterocycles. The van der Waals surface area contributed by atoms with Gasteiger partial charge in [-0.1, -0.05) is 0 Å². The van der Waals surface area contributed by atoms with E-state index >= 15 is 0 Å². The molecule has 1 saturated heterocycles. The quantitative estimate of drug-likeness (QED) is 0.448. The molecule has 0 unspecified atom stereocenters. The highest BCUT2D eigenvalue weighted by Gasteiger charge is 2.25. The van der Waals surface area contributed by atoms with Crippen LogP contribution in [-0.4, -0.2) is 47.2 Å². The third-order valence-electron chi connectivity index (χ3n) is 4.48. The lowest BCUT2D eigenvalue weighted by Gasteiger charge is -2.31. The molecule has 0 aliphatic carbocycles. The maximum absolute atomic E-state index is 11.2. The number of aryl methyl sites for hydroxylation is 1. The average Bonchev–Trinajstić information content (AvgIpc) is 3.15. The average molecular weight is 358 g/mol. The van der Waals surface area contributed by atoms with E-state index < -0.39 is 0 Å². The number of anilines is 1. The SMILES string of the molecule is COC(=O)CCc1nnc(C2CCN(c3ccc(C(=N)N)cn3)CC2)o1. The number of hydrogen-bond donors (Lipinski definition) is 2. The van der Waals surface area contributed by atoms with E-state index in [1.54, 1.807) is 6.20 Å². The van der Waals surface area contributed by atoms with Gasteiger partial charge in [-0.2, -0.15) is 0 Å². The number of nitrogen functional groups attached to an aromatic ring is 1. The Bertz CT molecular complexity index is 765. The molecule has 9 heteroatoms. The Hall–Kier alpha value is -2.97. The number of carbonyl (C=O) groups is 1. The molecule has 1 fully saturated rings. The molecule has 1 aliphatic rings. The minimum atomic E-state index is -0.290. The molecule has 3 N–H and O–H groups in total. The summed E-state index contributed by atoms with van der Waals surface area (Å²) in [6, 6.07) is 3.69. The molecule has 0 aromatic carbocycles. The molecule has 2 aromatic rings. The fourth-order valence-corrected chi connectivity index (χ4v) is 2.93. The molecule has 3 heterocycles. The third-order valence-corrected chi connectivity index (χ3v) is 4.48. The Balaban J connectivity index is 1.54. The van der Waals surface area contributed by atoms with E-state index in [0.29, 0.717) is 23.8 Å². The Morgan fingerprint density at radius 2 is 2.15 bits per heavy atom. The molecule has 0 atom stereocenters. The fourth-order valence-electron chi connectivity index (χ4n) is 2.93. The Morgan fingerprint density at radius 1 is 1.38 bits per heavy atom. The molecule has 138 valence electrons. The van der Waals surface area contributed by atoms with Crippen LogP contribution in [0.2, 0.25) is 0 Å². The van der Waals surface area contributed by atoms with E-state index in [4.69, 9.17) is 15.6 Å². The second-order valence-corrected chi connectivity index (χ2v) is 6.19. The summed E-state index contributed by atoms with van der Waals surface area (Å²) in [6.45, 7) is 1.66. The number of hydrogen-bond acceptors (Lipinski definition) is 8. The number of ether oxygens (including phenoxy) is 1. The predicted octanol–water partition coefficient (Wildman–Crippen LogP) is 1.24. The Labute approximate surface area is 151 Å². The number of esters is 1. The topological polar surface area (TPSA) is 131 Å². The van der Waals surface area contributed by atoms with Crippen molar-refractivity contribution in [3.05, 3.63) is 35.7 Å². The standard InChI is InChI=1S/C17H22N6O3/c1-25-15(24)5-4-14-21-22-17(26-14)11-6-8-23(9-7-11)13-3-2-12(10-20-13)16(18)19/h2-3,10-11H,4-9H2,1H3,(H3,18,19). The molecule has 26 heavy (non-hydrogen) atoms. The van der Waals surface area contributed by atoms with Crippen LogP contribution in [0.5, 0.6) is 0 Å². The van der Waals surface area contributed by atoms with Crippen molar-refractivity contribution in [3.8, 4) is 0 Å². The highest BCUT2D eigenvalue weighted by molar-refractivity contribution is 5.94. The number of nitrogens with two attached hydrogens (primary N) is 1. The number of nitrogens with zero attached hydrogens (tertiary/aromatic N) is 4. The summed E-state index contributed by atoms with van der Waals surface area (Å²) in [4.78, 5) is 17.8. The van der Waals surface area contributed by atoms with Gasteiger partial charge in [0.25, 0.3) is 0 Å². The van der Waals surface area contributed by atoms with Crippen molar-refractivity contribution in [2.45, 2.75) is 31.6 Å². The summed E-state index contributed by atoms with van der Waals surface area (Å²) in [6.07, 6.45) is 4.02. The largest absolute Gasteiger partial charge is 0.469 e. The predicted molar refractivity (Wildman–Crippen MR) is 94.1 cm³/mol. The Kier molecular flexibility index (Phi) is 5.45. The van der Waals surface area contributed by atoms with Crippen molar-refractivity contribution in [3.63, 3.8) is 0 Å². The number of pyridine rings is 1. The summed E-state index contributed by atoms with van der Waals surface area (Å²) in [5.41, 5.74) is 6.07. The number of aromatic nitrogens is 3. The maximum Gasteiger partial charge on any atom is 0.306 e. The molecule has 0 radical (unpaired) electrons. The first kappa shape index (κ1) is 17.8. The van der Waals surface area contributed by atoms with Crippen LogP contribution in [0.15, 0.2) is 22.7 Å². The summed E-state index contributed by atoms with van der Waals surface area (Å²) in [5.74, 6) is 1.90. The summed E-state index contributed by atoms with van der Waals surface area (Å²) < 4.78 is 10.3. The zero-order chi connectivity index (χ0) is 18.5. The fraction of sp³-hybridized carbons (Fsp3) is 0.471. The minimum Gasteiger partial charge on any atom is -0.469 e. The molecule has 0 spiro atoms. The lowest BCUT2D eigenvalue weighted by molar-refractivity contribution is -0.140. The smallest absolute Gasteiger partial charge is 0.306 e. The molecule has 9 nitrogen and oxygen atoms in total. The maximum atomic E-state index is 11.2. The molecular formula is C17H22N6O3. The first-order valence-corrected chi connectivity index (χ1v) is 8.51. The molecule has 3 rings (SSSR count). The van der Waals surface area contributed by atoms with Crippen molar-refractivity contribution < 1.29 is 13.9 Å².